The molecule has 0 amide bonds. The highest BCUT2D eigenvalue weighted by atomic mass is 79.9. The van der Waals surface area contributed by atoms with Crippen LogP contribution in [0.4, 0.5) is 0 Å². The van der Waals surface area contributed by atoms with Gasteiger partial charge in [0, 0.05) is 11.6 Å². The average Bonchev–Trinajstić information content (AvgIpc) is 2.43. The maximum Gasteiger partial charge on any atom is 0.141 e. The Morgan fingerprint density at radius 1 is 1.15 bits per heavy atom. The lowest BCUT2D eigenvalue weighted by molar-refractivity contribution is 0.296. The van der Waals surface area contributed by atoms with Gasteiger partial charge >= 0.3 is 0 Å². The molecule has 0 aromatic heterocycles. The van der Waals surface area contributed by atoms with E-state index in [-0.39, 0.29) is 6.04 Å². The molecule has 20 heavy (non-hydrogen) atoms. The number of methoxy groups -OCH3 is 2. The Labute approximate surface area is 131 Å². The van der Waals surface area contributed by atoms with E-state index in [1.807, 2.05) is 6.07 Å². The van der Waals surface area contributed by atoms with E-state index in [1.54, 1.807) is 14.2 Å². The molecule has 2 atom stereocenters. The van der Waals surface area contributed by atoms with Gasteiger partial charge < -0.3 is 14.8 Å². The normalized spacial score (nSPS) is 14.2. The van der Waals surface area contributed by atoms with Crippen LogP contribution in [0.5, 0.6) is 11.5 Å². The molecular weight excluding hydrogens is 318 g/mol. The van der Waals surface area contributed by atoms with E-state index in [9.17, 15) is 0 Å². The highest BCUT2D eigenvalue weighted by Gasteiger charge is 2.26. The summed E-state index contributed by atoms with van der Waals surface area (Å²) in [7, 11) is 3.36. The molecule has 0 fully saturated rings. The summed E-state index contributed by atoms with van der Waals surface area (Å²) in [5, 5.41) is 3.58. The van der Waals surface area contributed by atoms with Crippen LogP contribution in [-0.4, -0.2) is 20.8 Å². The van der Waals surface area contributed by atoms with E-state index in [2.05, 4.69) is 55.0 Å². The summed E-state index contributed by atoms with van der Waals surface area (Å²) in [4.78, 5) is 0. The summed E-state index contributed by atoms with van der Waals surface area (Å²) in [6, 6.07) is 4.34. The van der Waals surface area contributed by atoms with Gasteiger partial charge in [-0.15, -0.1) is 0 Å². The number of ether oxygens (including phenoxy) is 2. The molecular formula is C16H26BrNO2. The van der Waals surface area contributed by atoms with Crippen molar-refractivity contribution in [2.75, 3.05) is 20.8 Å². The van der Waals surface area contributed by atoms with Crippen molar-refractivity contribution in [1.82, 2.24) is 5.32 Å². The van der Waals surface area contributed by atoms with Gasteiger partial charge in [-0.05, 0) is 46.4 Å². The first-order valence-corrected chi connectivity index (χ1v) is 7.90. The summed E-state index contributed by atoms with van der Waals surface area (Å²) in [5.41, 5.74) is 1.17. The van der Waals surface area contributed by atoms with Crippen molar-refractivity contribution in [2.24, 2.45) is 11.8 Å². The van der Waals surface area contributed by atoms with Gasteiger partial charge in [0.1, 0.15) is 16.0 Å². The largest absolute Gasteiger partial charge is 0.495 e. The third-order valence-electron chi connectivity index (χ3n) is 3.85. The van der Waals surface area contributed by atoms with Crippen LogP contribution in [-0.2, 0) is 0 Å². The molecule has 0 spiro atoms. The average molecular weight is 344 g/mol. The summed E-state index contributed by atoms with van der Waals surface area (Å²) in [5.74, 6) is 2.73. The Bertz CT molecular complexity index is 435. The fraction of sp³-hybridized carbons (Fsp3) is 0.625. The van der Waals surface area contributed by atoms with Crippen LogP contribution in [0.15, 0.2) is 16.6 Å². The van der Waals surface area contributed by atoms with Gasteiger partial charge in [-0.1, -0.05) is 27.7 Å². The summed E-state index contributed by atoms with van der Waals surface area (Å²) in [6.07, 6.45) is 0. The minimum Gasteiger partial charge on any atom is -0.495 e. The highest BCUT2D eigenvalue weighted by molar-refractivity contribution is 9.10. The molecule has 4 heteroatoms. The van der Waals surface area contributed by atoms with E-state index in [4.69, 9.17) is 9.47 Å². The van der Waals surface area contributed by atoms with Gasteiger partial charge in [0.25, 0.3) is 0 Å². The smallest absolute Gasteiger partial charge is 0.141 e. The Kier molecular flexibility index (Phi) is 6.83. The lowest BCUT2D eigenvalue weighted by atomic mass is 9.85. The van der Waals surface area contributed by atoms with Gasteiger partial charge in [-0.3, -0.25) is 0 Å². The van der Waals surface area contributed by atoms with Crippen LogP contribution >= 0.6 is 15.9 Å². The predicted octanol–water partition coefficient (Wildman–Crippen LogP) is 4.41. The maximum atomic E-state index is 5.61. The second kappa shape index (κ2) is 7.89. The minimum atomic E-state index is 0.261. The molecule has 1 aromatic carbocycles. The van der Waals surface area contributed by atoms with Crippen LogP contribution < -0.4 is 14.8 Å². The molecule has 2 unspecified atom stereocenters. The number of hydrogen-bond donors (Lipinski definition) is 1. The topological polar surface area (TPSA) is 30.5 Å². The van der Waals surface area contributed by atoms with Gasteiger partial charge in [0.2, 0.25) is 0 Å². The van der Waals surface area contributed by atoms with Crippen LogP contribution in [0.1, 0.15) is 39.3 Å². The first-order valence-electron chi connectivity index (χ1n) is 7.11. The first-order chi connectivity index (χ1) is 9.47. The Hall–Kier alpha value is -0.740. The molecule has 0 aliphatic carbocycles. The SMILES string of the molecule is CCNC(c1ccc(OC)c(Br)c1OC)C(C)C(C)C. The van der Waals surface area contributed by atoms with E-state index in [1.165, 1.54) is 5.56 Å². The monoisotopic (exact) mass is 343 g/mol. The lowest BCUT2D eigenvalue weighted by Gasteiger charge is -2.30. The van der Waals surface area contributed by atoms with Crippen molar-refractivity contribution in [1.29, 1.82) is 0 Å². The van der Waals surface area contributed by atoms with Crippen molar-refractivity contribution >= 4 is 15.9 Å². The molecule has 1 N–H and O–H groups in total. The number of benzene rings is 1. The molecule has 0 aliphatic rings. The molecule has 0 aliphatic heterocycles. The zero-order valence-electron chi connectivity index (χ0n) is 13.3. The Balaban J connectivity index is 3.29. The molecule has 1 rings (SSSR count). The maximum absolute atomic E-state index is 5.61. The van der Waals surface area contributed by atoms with Crippen molar-refractivity contribution in [2.45, 2.75) is 33.7 Å². The number of hydrogen-bond acceptors (Lipinski definition) is 3. The number of halogens is 1. The summed E-state index contributed by atoms with van der Waals surface area (Å²) in [6.45, 7) is 9.83. The zero-order valence-corrected chi connectivity index (χ0v) is 14.9. The summed E-state index contributed by atoms with van der Waals surface area (Å²) < 4.78 is 11.8. The molecule has 3 nitrogen and oxygen atoms in total. The molecule has 1 aromatic rings. The van der Waals surface area contributed by atoms with E-state index in [0.29, 0.717) is 11.8 Å². The molecule has 114 valence electrons. The van der Waals surface area contributed by atoms with Crippen LogP contribution in [0.2, 0.25) is 0 Å². The molecule has 0 radical (unpaired) electrons. The van der Waals surface area contributed by atoms with Crippen LogP contribution in [0.3, 0.4) is 0 Å². The minimum absolute atomic E-state index is 0.261. The van der Waals surface area contributed by atoms with Gasteiger partial charge in [0.05, 0.1) is 14.2 Å². The predicted molar refractivity (Wildman–Crippen MR) is 87.7 cm³/mol. The molecule has 0 heterocycles. The number of nitrogens with one attached hydrogen (secondary N) is 1. The zero-order chi connectivity index (χ0) is 15.3. The van der Waals surface area contributed by atoms with Crippen molar-refractivity contribution in [3.8, 4) is 11.5 Å². The van der Waals surface area contributed by atoms with Crippen LogP contribution in [0, 0.1) is 11.8 Å². The van der Waals surface area contributed by atoms with Crippen molar-refractivity contribution in [3.05, 3.63) is 22.2 Å². The van der Waals surface area contributed by atoms with Crippen LogP contribution in [0.25, 0.3) is 0 Å². The molecule has 0 saturated carbocycles. The van der Waals surface area contributed by atoms with Gasteiger partial charge in [-0.2, -0.15) is 0 Å². The third kappa shape index (κ3) is 3.67. The fourth-order valence-corrected chi connectivity index (χ4v) is 3.03. The van der Waals surface area contributed by atoms with Gasteiger partial charge in [-0.25, -0.2) is 0 Å². The van der Waals surface area contributed by atoms with E-state index >= 15 is 0 Å². The summed E-state index contributed by atoms with van der Waals surface area (Å²) >= 11 is 3.58. The van der Waals surface area contributed by atoms with E-state index in [0.717, 1.165) is 22.5 Å². The van der Waals surface area contributed by atoms with Crippen molar-refractivity contribution < 1.29 is 9.47 Å². The second-order valence-corrected chi connectivity index (χ2v) is 6.14. The van der Waals surface area contributed by atoms with Crippen molar-refractivity contribution in [3.63, 3.8) is 0 Å². The lowest BCUT2D eigenvalue weighted by Crippen LogP contribution is -2.30. The molecule has 0 bridgehead atoms. The Morgan fingerprint density at radius 2 is 1.80 bits per heavy atom. The number of rotatable bonds is 7. The second-order valence-electron chi connectivity index (χ2n) is 5.34. The standard InChI is InChI=1S/C16H26BrNO2/c1-7-18-15(11(4)10(2)3)12-8-9-13(19-5)14(17)16(12)20-6/h8-11,15,18H,7H2,1-6H3. The quantitative estimate of drug-likeness (QED) is 0.795. The third-order valence-corrected chi connectivity index (χ3v) is 4.60. The highest BCUT2D eigenvalue weighted by Crippen LogP contribution is 2.42. The fourth-order valence-electron chi connectivity index (χ4n) is 2.35. The molecule has 0 saturated heterocycles. The first kappa shape index (κ1) is 17.3. The van der Waals surface area contributed by atoms with E-state index < -0.39 is 0 Å². The Morgan fingerprint density at radius 3 is 2.25 bits per heavy atom. The van der Waals surface area contributed by atoms with Gasteiger partial charge in [0.15, 0.2) is 0 Å².